The van der Waals surface area contributed by atoms with Crippen LogP contribution in [-0.4, -0.2) is 15.4 Å². The van der Waals surface area contributed by atoms with Gasteiger partial charge in [-0.15, -0.1) is 0 Å². The zero-order valence-corrected chi connectivity index (χ0v) is 18.5. The van der Waals surface area contributed by atoms with E-state index in [1.54, 1.807) is 0 Å². The lowest BCUT2D eigenvalue weighted by Gasteiger charge is -2.26. The van der Waals surface area contributed by atoms with Gasteiger partial charge in [0.1, 0.15) is 0 Å². The molecule has 1 saturated heterocycles. The van der Waals surface area contributed by atoms with Gasteiger partial charge in [0, 0.05) is 41.0 Å². The van der Waals surface area contributed by atoms with Crippen LogP contribution < -0.4 is 0 Å². The highest BCUT2D eigenvalue weighted by atomic mass is 79.9. The van der Waals surface area contributed by atoms with Crippen LogP contribution in [0.1, 0.15) is 30.0 Å². The number of carbonyl (C=O) groups is 1. The SMILES string of the molecule is Cn1c(-c2ccc(Br)cc2)c([C@H]2CCC(=O)N2Cc2ccccc2)c2ccccc21. The lowest BCUT2D eigenvalue weighted by Crippen LogP contribution is -2.27. The summed E-state index contributed by atoms with van der Waals surface area (Å²) in [4.78, 5) is 15.0. The molecule has 0 aliphatic carbocycles. The molecule has 0 saturated carbocycles. The van der Waals surface area contributed by atoms with Crippen LogP contribution in [0.4, 0.5) is 0 Å². The normalized spacial score (nSPS) is 16.5. The van der Waals surface area contributed by atoms with Crippen molar-refractivity contribution in [1.29, 1.82) is 0 Å². The van der Waals surface area contributed by atoms with Crippen LogP contribution in [-0.2, 0) is 18.4 Å². The van der Waals surface area contributed by atoms with E-state index in [9.17, 15) is 4.79 Å². The Labute approximate surface area is 185 Å². The molecule has 1 aliphatic rings. The fraction of sp³-hybridized carbons (Fsp3) is 0.192. The van der Waals surface area contributed by atoms with Crippen LogP contribution >= 0.6 is 15.9 Å². The van der Waals surface area contributed by atoms with E-state index in [4.69, 9.17) is 0 Å². The Morgan fingerprint density at radius 1 is 0.933 bits per heavy atom. The number of fused-ring (bicyclic) bond motifs is 1. The number of halogens is 1. The van der Waals surface area contributed by atoms with Crippen molar-refractivity contribution in [2.45, 2.75) is 25.4 Å². The molecule has 30 heavy (non-hydrogen) atoms. The second-order valence-electron chi connectivity index (χ2n) is 7.91. The Kier molecular flexibility index (Phi) is 4.95. The van der Waals surface area contributed by atoms with Crippen molar-refractivity contribution in [2.24, 2.45) is 7.05 Å². The van der Waals surface area contributed by atoms with Crippen molar-refractivity contribution in [2.75, 3.05) is 0 Å². The van der Waals surface area contributed by atoms with Crippen LogP contribution in [0.15, 0.2) is 83.3 Å². The lowest BCUT2D eigenvalue weighted by molar-refractivity contribution is -0.129. The summed E-state index contributed by atoms with van der Waals surface area (Å²) in [6.45, 7) is 0.646. The third-order valence-electron chi connectivity index (χ3n) is 6.12. The summed E-state index contributed by atoms with van der Waals surface area (Å²) in [7, 11) is 2.13. The summed E-state index contributed by atoms with van der Waals surface area (Å²) in [5, 5.41) is 1.23. The average Bonchev–Trinajstić information content (AvgIpc) is 3.27. The largest absolute Gasteiger partial charge is 0.343 e. The summed E-state index contributed by atoms with van der Waals surface area (Å²) in [6.07, 6.45) is 1.45. The number of aryl methyl sites for hydroxylation is 1. The highest BCUT2D eigenvalue weighted by Crippen LogP contribution is 2.44. The van der Waals surface area contributed by atoms with Gasteiger partial charge >= 0.3 is 0 Å². The maximum absolute atomic E-state index is 12.9. The first-order valence-electron chi connectivity index (χ1n) is 10.3. The lowest BCUT2D eigenvalue weighted by atomic mass is 9.96. The number of benzene rings is 3. The highest BCUT2D eigenvalue weighted by Gasteiger charge is 2.36. The molecular formula is C26H23BrN2O. The number of hydrogen-bond acceptors (Lipinski definition) is 1. The molecule has 0 spiro atoms. The number of aromatic nitrogens is 1. The predicted molar refractivity (Wildman–Crippen MR) is 125 cm³/mol. The standard InChI is InChI=1S/C26H23BrN2O/c1-28-22-10-6-5-9-21(22)25(26(28)19-11-13-20(27)14-12-19)23-15-16-24(30)29(23)17-18-7-3-2-4-8-18/h2-14,23H,15-17H2,1H3/t23-/m1/s1. The number of nitrogens with zero attached hydrogens (tertiary/aromatic N) is 2. The predicted octanol–water partition coefficient (Wildman–Crippen LogP) is 6.47. The minimum absolute atomic E-state index is 0.0717. The maximum Gasteiger partial charge on any atom is 0.223 e. The number of amides is 1. The molecular weight excluding hydrogens is 436 g/mol. The van der Waals surface area contributed by atoms with Crippen molar-refractivity contribution in [3.05, 3.63) is 94.5 Å². The van der Waals surface area contributed by atoms with E-state index in [2.05, 4.69) is 93.1 Å². The monoisotopic (exact) mass is 458 g/mol. The number of likely N-dealkylation sites (tertiary alicyclic amines) is 1. The smallest absolute Gasteiger partial charge is 0.223 e. The molecule has 5 rings (SSSR count). The quantitative estimate of drug-likeness (QED) is 0.343. The molecule has 3 aromatic carbocycles. The van der Waals surface area contributed by atoms with E-state index in [0.29, 0.717) is 13.0 Å². The van der Waals surface area contributed by atoms with Crippen molar-refractivity contribution in [3.63, 3.8) is 0 Å². The molecule has 1 atom stereocenters. The summed E-state index contributed by atoms with van der Waals surface area (Å²) in [5.74, 6) is 0.235. The van der Waals surface area contributed by atoms with Gasteiger partial charge < -0.3 is 9.47 Å². The van der Waals surface area contributed by atoms with E-state index in [0.717, 1.165) is 10.9 Å². The van der Waals surface area contributed by atoms with Crippen molar-refractivity contribution in [3.8, 4) is 11.3 Å². The molecule has 0 bridgehead atoms. The topological polar surface area (TPSA) is 25.2 Å². The molecule has 1 aliphatic heterocycles. The second kappa shape index (κ2) is 7.77. The van der Waals surface area contributed by atoms with Crippen LogP contribution in [0.2, 0.25) is 0 Å². The molecule has 0 N–H and O–H groups in total. The van der Waals surface area contributed by atoms with E-state index >= 15 is 0 Å². The van der Waals surface area contributed by atoms with Crippen molar-refractivity contribution in [1.82, 2.24) is 9.47 Å². The van der Waals surface area contributed by atoms with Crippen molar-refractivity contribution >= 4 is 32.7 Å². The maximum atomic E-state index is 12.9. The third kappa shape index (κ3) is 3.25. The first-order valence-corrected chi connectivity index (χ1v) is 11.1. The summed E-state index contributed by atoms with van der Waals surface area (Å²) >= 11 is 3.55. The number of rotatable bonds is 4. The van der Waals surface area contributed by atoms with Gasteiger partial charge in [-0.3, -0.25) is 4.79 Å². The van der Waals surface area contributed by atoms with E-state index in [1.165, 1.54) is 33.3 Å². The molecule has 1 fully saturated rings. The Balaban J connectivity index is 1.68. The highest BCUT2D eigenvalue weighted by molar-refractivity contribution is 9.10. The first-order chi connectivity index (χ1) is 14.6. The van der Waals surface area contributed by atoms with Crippen LogP contribution in [0, 0.1) is 0 Å². The second-order valence-corrected chi connectivity index (χ2v) is 8.82. The Hall–Kier alpha value is -2.85. The molecule has 2 heterocycles. The van der Waals surface area contributed by atoms with Crippen LogP contribution in [0.3, 0.4) is 0 Å². The third-order valence-corrected chi connectivity index (χ3v) is 6.65. The van der Waals surface area contributed by atoms with Gasteiger partial charge in [-0.2, -0.15) is 0 Å². The van der Waals surface area contributed by atoms with E-state index in [-0.39, 0.29) is 11.9 Å². The van der Waals surface area contributed by atoms with Gasteiger partial charge in [-0.1, -0.05) is 76.6 Å². The van der Waals surface area contributed by atoms with Gasteiger partial charge in [0.15, 0.2) is 0 Å². The average molecular weight is 459 g/mol. The molecule has 1 amide bonds. The molecule has 3 nitrogen and oxygen atoms in total. The Morgan fingerprint density at radius 2 is 1.63 bits per heavy atom. The molecule has 0 radical (unpaired) electrons. The van der Waals surface area contributed by atoms with Crippen molar-refractivity contribution < 1.29 is 4.79 Å². The number of para-hydroxylation sites is 1. The Morgan fingerprint density at radius 3 is 2.40 bits per heavy atom. The molecule has 4 heteroatoms. The van der Waals surface area contributed by atoms with Gasteiger partial charge in [-0.05, 0) is 35.7 Å². The molecule has 1 aromatic heterocycles. The first kappa shape index (κ1) is 19.1. The van der Waals surface area contributed by atoms with Crippen LogP contribution in [0.5, 0.6) is 0 Å². The fourth-order valence-corrected chi connectivity index (χ4v) is 4.99. The zero-order chi connectivity index (χ0) is 20.7. The molecule has 4 aromatic rings. The molecule has 150 valence electrons. The summed E-state index contributed by atoms with van der Waals surface area (Å²) in [5.41, 5.74) is 6.00. The number of hydrogen-bond donors (Lipinski definition) is 0. The van der Waals surface area contributed by atoms with Gasteiger partial charge in [0.2, 0.25) is 5.91 Å². The minimum atomic E-state index is 0.0717. The minimum Gasteiger partial charge on any atom is -0.343 e. The summed E-state index contributed by atoms with van der Waals surface area (Å²) in [6, 6.07) is 27.4. The number of carbonyl (C=O) groups excluding carboxylic acids is 1. The van der Waals surface area contributed by atoms with Gasteiger partial charge in [-0.25, -0.2) is 0 Å². The van der Waals surface area contributed by atoms with Crippen LogP contribution in [0.25, 0.3) is 22.2 Å². The van der Waals surface area contributed by atoms with Gasteiger partial charge in [0.05, 0.1) is 11.7 Å². The Bertz CT molecular complexity index is 1210. The van der Waals surface area contributed by atoms with E-state index in [1.807, 2.05) is 18.2 Å². The fourth-order valence-electron chi connectivity index (χ4n) is 4.73. The zero-order valence-electron chi connectivity index (χ0n) is 16.9. The molecule has 0 unspecified atom stereocenters. The van der Waals surface area contributed by atoms with Gasteiger partial charge in [0.25, 0.3) is 0 Å². The summed E-state index contributed by atoms with van der Waals surface area (Å²) < 4.78 is 3.34. The van der Waals surface area contributed by atoms with E-state index < -0.39 is 0 Å².